The van der Waals surface area contributed by atoms with Gasteiger partial charge in [0.1, 0.15) is 11.2 Å². The molecule has 2 aliphatic heterocycles. The van der Waals surface area contributed by atoms with Crippen LogP contribution < -0.4 is 10.2 Å². The number of benzene rings is 6. The first-order chi connectivity index (χ1) is 19.8. The van der Waals surface area contributed by atoms with Gasteiger partial charge in [0.15, 0.2) is 0 Å². The van der Waals surface area contributed by atoms with Gasteiger partial charge in [-0.2, -0.15) is 0 Å². The number of anilines is 2. The highest BCUT2D eigenvalue weighted by Crippen LogP contribution is 2.50. The number of hydrogen-bond acceptors (Lipinski definition) is 3. The van der Waals surface area contributed by atoms with Crippen LogP contribution in [0.3, 0.4) is 0 Å². The minimum Gasteiger partial charge on any atom is -0.359 e. The van der Waals surface area contributed by atoms with Crippen LogP contribution in [0.15, 0.2) is 134 Å². The molecule has 0 saturated carbocycles. The lowest BCUT2D eigenvalue weighted by atomic mass is 9.84. The SMILES string of the molecule is C1=CC2Nc3c(sc4ccccc34)N2C=C1c1c2ccccc2c(-c2cccc3ccccc23)c2ccccc12. The molecule has 1 N–H and O–H groups in total. The first-order valence-corrected chi connectivity index (χ1v) is 14.6. The van der Waals surface area contributed by atoms with Gasteiger partial charge in [0.2, 0.25) is 0 Å². The summed E-state index contributed by atoms with van der Waals surface area (Å²) in [5.41, 5.74) is 6.36. The van der Waals surface area contributed by atoms with Gasteiger partial charge in [-0.15, -0.1) is 11.3 Å². The van der Waals surface area contributed by atoms with Gasteiger partial charge in [-0.25, -0.2) is 0 Å². The number of nitrogens with zero attached hydrogens (tertiary/aromatic N) is 1. The predicted octanol–water partition coefficient (Wildman–Crippen LogP) is 10.2. The average Bonchev–Trinajstić information content (AvgIpc) is 3.55. The van der Waals surface area contributed by atoms with Gasteiger partial charge in [0, 0.05) is 16.3 Å². The molecule has 0 fully saturated rings. The van der Waals surface area contributed by atoms with E-state index in [9.17, 15) is 0 Å². The smallest absolute Gasteiger partial charge is 0.124 e. The average molecular weight is 529 g/mol. The van der Waals surface area contributed by atoms with E-state index < -0.39 is 0 Å². The summed E-state index contributed by atoms with van der Waals surface area (Å²) in [5, 5.41) is 14.0. The Bertz CT molecular complexity index is 2160. The molecule has 0 spiro atoms. The Balaban J connectivity index is 1.33. The highest BCUT2D eigenvalue weighted by Gasteiger charge is 2.32. The van der Waals surface area contributed by atoms with Crippen molar-refractivity contribution in [2.45, 2.75) is 6.17 Å². The van der Waals surface area contributed by atoms with Gasteiger partial charge < -0.3 is 10.2 Å². The Labute approximate surface area is 236 Å². The van der Waals surface area contributed by atoms with Crippen molar-refractivity contribution in [1.29, 1.82) is 0 Å². The van der Waals surface area contributed by atoms with Crippen molar-refractivity contribution in [3.05, 3.63) is 139 Å². The Morgan fingerprint density at radius 2 is 1.18 bits per heavy atom. The Morgan fingerprint density at radius 3 is 1.93 bits per heavy atom. The minimum atomic E-state index is 0.141. The van der Waals surface area contributed by atoms with E-state index in [0.29, 0.717) is 0 Å². The molecule has 9 rings (SSSR count). The van der Waals surface area contributed by atoms with E-state index in [0.717, 1.165) is 0 Å². The Morgan fingerprint density at radius 1 is 0.575 bits per heavy atom. The largest absolute Gasteiger partial charge is 0.359 e. The number of allylic oxidation sites excluding steroid dienone is 2. The van der Waals surface area contributed by atoms with Crippen LogP contribution in [-0.4, -0.2) is 6.17 Å². The van der Waals surface area contributed by atoms with Crippen molar-refractivity contribution in [2.75, 3.05) is 10.2 Å². The molecule has 2 aliphatic rings. The molecule has 0 amide bonds. The van der Waals surface area contributed by atoms with Crippen molar-refractivity contribution in [2.24, 2.45) is 0 Å². The van der Waals surface area contributed by atoms with Crippen molar-refractivity contribution in [1.82, 2.24) is 0 Å². The third-order valence-electron chi connectivity index (χ3n) is 8.42. The van der Waals surface area contributed by atoms with Crippen molar-refractivity contribution >= 4 is 70.0 Å². The lowest BCUT2D eigenvalue weighted by Gasteiger charge is -2.26. The van der Waals surface area contributed by atoms with Crippen LogP contribution in [-0.2, 0) is 0 Å². The normalized spacial score (nSPS) is 15.9. The fourth-order valence-electron chi connectivity index (χ4n) is 6.69. The highest BCUT2D eigenvalue weighted by atomic mass is 32.1. The van der Waals surface area contributed by atoms with Crippen LogP contribution in [0.25, 0.3) is 59.1 Å². The Hall–Kier alpha value is -4.86. The second kappa shape index (κ2) is 8.32. The number of thiophene rings is 1. The molecule has 188 valence electrons. The molecule has 7 aromatic rings. The molecular weight excluding hydrogens is 504 g/mol. The molecule has 40 heavy (non-hydrogen) atoms. The van der Waals surface area contributed by atoms with Gasteiger partial charge >= 0.3 is 0 Å². The van der Waals surface area contributed by atoms with Crippen LogP contribution in [0.1, 0.15) is 5.56 Å². The maximum atomic E-state index is 3.76. The summed E-state index contributed by atoms with van der Waals surface area (Å²) in [4.78, 5) is 2.41. The third kappa shape index (κ3) is 3.04. The molecule has 0 saturated heterocycles. The molecule has 0 bridgehead atoms. The van der Waals surface area contributed by atoms with E-state index in [4.69, 9.17) is 0 Å². The van der Waals surface area contributed by atoms with Crippen LogP contribution in [0.5, 0.6) is 0 Å². The van der Waals surface area contributed by atoms with Crippen LogP contribution in [0, 0.1) is 0 Å². The van der Waals surface area contributed by atoms with Gasteiger partial charge in [0.05, 0.1) is 5.69 Å². The molecule has 1 atom stereocenters. The molecule has 6 aromatic carbocycles. The second-order valence-corrected chi connectivity index (χ2v) is 11.6. The quantitative estimate of drug-likeness (QED) is 0.225. The molecule has 3 heterocycles. The fraction of sp³-hybridized carbons (Fsp3) is 0.0270. The molecule has 0 aliphatic carbocycles. The van der Waals surface area contributed by atoms with Crippen LogP contribution in [0.4, 0.5) is 10.7 Å². The molecule has 1 unspecified atom stereocenters. The number of nitrogens with one attached hydrogen (secondary N) is 1. The number of fused-ring (bicyclic) bond motifs is 8. The van der Waals surface area contributed by atoms with E-state index in [1.165, 1.54) is 75.4 Å². The summed E-state index contributed by atoms with van der Waals surface area (Å²) in [7, 11) is 0. The minimum absolute atomic E-state index is 0.141. The van der Waals surface area contributed by atoms with Crippen LogP contribution >= 0.6 is 11.3 Å². The van der Waals surface area contributed by atoms with Crippen LogP contribution in [0.2, 0.25) is 0 Å². The van der Waals surface area contributed by atoms with Gasteiger partial charge in [-0.3, -0.25) is 0 Å². The van der Waals surface area contributed by atoms with E-state index in [-0.39, 0.29) is 6.17 Å². The fourth-order valence-corrected chi connectivity index (χ4v) is 7.86. The zero-order valence-electron chi connectivity index (χ0n) is 21.6. The molecule has 1 aromatic heterocycles. The summed E-state index contributed by atoms with van der Waals surface area (Å²) < 4.78 is 1.32. The first kappa shape index (κ1) is 22.0. The predicted molar refractivity (Wildman–Crippen MR) is 173 cm³/mol. The van der Waals surface area contributed by atoms with Crippen molar-refractivity contribution < 1.29 is 0 Å². The second-order valence-electron chi connectivity index (χ2n) is 10.6. The summed E-state index contributed by atoms with van der Waals surface area (Å²) in [6.45, 7) is 0. The molecular formula is C37H24N2S. The van der Waals surface area contributed by atoms with Gasteiger partial charge in [-0.05, 0) is 66.7 Å². The zero-order valence-corrected chi connectivity index (χ0v) is 22.5. The summed E-state index contributed by atoms with van der Waals surface area (Å²) in [6.07, 6.45) is 7.10. The summed E-state index contributed by atoms with van der Waals surface area (Å²) in [5.74, 6) is 0. The van der Waals surface area contributed by atoms with Crippen molar-refractivity contribution in [3.63, 3.8) is 0 Å². The zero-order chi connectivity index (χ0) is 26.2. The molecule has 3 heteroatoms. The van der Waals surface area contributed by atoms with Crippen molar-refractivity contribution in [3.8, 4) is 11.1 Å². The van der Waals surface area contributed by atoms with E-state index >= 15 is 0 Å². The third-order valence-corrected chi connectivity index (χ3v) is 9.60. The lowest BCUT2D eigenvalue weighted by Crippen LogP contribution is -2.31. The van der Waals surface area contributed by atoms with E-state index in [2.05, 4.69) is 144 Å². The standard InChI is InChI=1S/C37H24N2S/c1-2-12-25-23(10-1)11-9-18-26(25)35-29-15-5-3-13-27(29)34(28-14-4-6-16-30(28)35)24-20-21-33-38-36-31-17-7-8-19-32(31)40-37(36)39(33)22-24/h1-22,33,38H. The maximum Gasteiger partial charge on any atom is 0.124 e. The topological polar surface area (TPSA) is 15.3 Å². The van der Waals surface area contributed by atoms with Gasteiger partial charge in [-0.1, -0.05) is 115 Å². The highest BCUT2D eigenvalue weighted by molar-refractivity contribution is 7.23. The maximum absolute atomic E-state index is 3.76. The summed E-state index contributed by atoms with van der Waals surface area (Å²) in [6, 6.07) is 41.9. The van der Waals surface area contributed by atoms with Gasteiger partial charge in [0.25, 0.3) is 0 Å². The molecule has 0 radical (unpaired) electrons. The Kier molecular flexibility index (Phi) is 4.58. The number of hydrogen-bond donors (Lipinski definition) is 1. The number of rotatable bonds is 2. The monoisotopic (exact) mass is 528 g/mol. The first-order valence-electron chi connectivity index (χ1n) is 13.7. The van der Waals surface area contributed by atoms with E-state index in [1.807, 2.05) is 11.3 Å². The summed E-state index contributed by atoms with van der Waals surface area (Å²) >= 11 is 1.86. The van der Waals surface area contributed by atoms with E-state index in [1.54, 1.807) is 0 Å². The lowest BCUT2D eigenvalue weighted by molar-refractivity contribution is 0.916. The molecule has 2 nitrogen and oxygen atoms in total.